The van der Waals surface area contributed by atoms with Crippen molar-refractivity contribution >= 4 is 12.0 Å². The van der Waals surface area contributed by atoms with Crippen LogP contribution in [-0.2, 0) is 11.2 Å². The summed E-state index contributed by atoms with van der Waals surface area (Å²) in [6.07, 6.45) is 4.85. The predicted octanol–water partition coefficient (Wildman–Crippen LogP) is 1.63. The highest BCUT2D eigenvalue weighted by Crippen LogP contribution is 2.25. The van der Waals surface area contributed by atoms with E-state index in [1.807, 2.05) is 25.9 Å². The second-order valence-corrected chi connectivity index (χ2v) is 5.50. The lowest BCUT2D eigenvalue weighted by atomic mass is 10.3. The van der Waals surface area contributed by atoms with Gasteiger partial charge in [-0.15, -0.1) is 0 Å². The lowest BCUT2D eigenvalue weighted by molar-refractivity contribution is 0.197. The van der Waals surface area contributed by atoms with Gasteiger partial charge in [0.25, 0.3) is 5.89 Å². The highest BCUT2D eigenvalue weighted by atomic mass is 16.5. The highest BCUT2D eigenvalue weighted by Gasteiger charge is 2.22. The number of rotatable bonds is 7. The highest BCUT2D eigenvalue weighted by molar-refractivity contribution is 5.71. The van der Waals surface area contributed by atoms with Crippen LogP contribution in [0.25, 0.3) is 5.70 Å². The van der Waals surface area contributed by atoms with Gasteiger partial charge in [0.2, 0.25) is 0 Å². The molecule has 0 unspecified atom stereocenters. The van der Waals surface area contributed by atoms with Crippen LogP contribution in [0.5, 0.6) is 0 Å². The third-order valence-electron chi connectivity index (χ3n) is 3.45. The minimum absolute atomic E-state index is 0.453. The van der Waals surface area contributed by atoms with Crippen LogP contribution >= 0.6 is 0 Å². The number of nitrogens with zero attached hydrogens (tertiary/aromatic N) is 5. The molecule has 2 rings (SSSR count). The molecule has 0 N–H and O–H groups in total. The van der Waals surface area contributed by atoms with Gasteiger partial charge in [-0.2, -0.15) is 4.98 Å². The maximum Gasteiger partial charge on any atom is 0.278 e. The maximum atomic E-state index is 5.40. The van der Waals surface area contributed by atoms with Gasteiger partial charge in [0.15, 0.2) is 11.5 Å². The molecule has 0 atom stereocenters. The number of hydrogen-bond donors (Lipinski definition) is 0. The molecule has 0 spiro atoms. The van der Waals surface area contributed by atoms with E-state index in [1.54, 1.807) is 13.4 Å². The zero-order valence-electron chi connectivity index (χ0n) is 13.9. The van der Waals surface area contributed by atoms with Crippen LogP contribution in [-0.4, -0.2) is 67.2 Å². The average Bonchev–Trinajstić information content (AvgIpc) is 3.17. The van der Waals surface area contributed by atoms with Gasteiger partial charge >= 0.3 is 0 Å². The van der Waals surface area contributed by atoms with Gasteiger partial charge in [-0.05, 0) is 12.8 Å². The van der Waals surface area contributed by atoms with Crippen LogP contribution in [0.1, 0.15) is 31.5 Å². The quantitative estimate of drug-likeness (QED) is 0.563. The molecule has 7 heteroatoms. The molecule has 1 saturated heterocycles. The topological polar surface area (TPSA) is 67.0 Å². The Balaban J connectivity index is 2.44. The molecule has 0 bridgehead atoms. The van der Waals surface area contributed by atoms with Gasteiger partial charge in [-0.25, -0.2) is 4.99 Å². The van der Waals surface area contributed by atoms with Gasteiger partial charge in [0, 0.05) is 40.7 Å². The molecular formula is C15H25N5O2. The number of hydrogen-bond acceptors (Lipinski definition) is 6. The first-order valence-corrected chi connectivity index (χ1v) is 7.66. The van der Waals surface area contributed by atoms with E-state index in [1.165, 1.54) is 12.8 Å². The molecule has 1 fully saturated rings. The van der Waals surface area contributed by atoms with Gasteiger partial charge in [-0.3, -0.25) is 0 Å². The molecule has 7 nitrogen and oxygen atoms in total. The third kappa shape index (κ3) is 4.07. The zero-order valence-corrected chi connectivity index (χ0v) is 13.9. The van der Waals surface area contributed by atoms with Crippen molar-refractivity contribution in [1.29, 1.82) is 0 Å². The number of aromatic nitrogens is 2. The fourth-order valence-electron chi connectivity index (χ4n) is 2.35. The van der Waals surface area contributed by atoms with Gasteiger partial charge < -0.3 is 19.1 Å². The van der Waals surface area contributed by atoms with Crippen LogP contribution in [0, 0.1) is 0 Å². The molecule has 1 aliphatic heterocycles. The van der Waals surface area contributed by atoms with Crippen LogP contribution in [0.15, 0.2) is 15.2 Å². The van der Waals surface area contributed by atoms with Crippen molar-refractivity contribution < 1.29 is 9.26 Å². The zero-order chi connectivity index (χ0) is 15.9. The first-order chi connectivity index (χ1) is 10.7. The lowest BCUT2D eigenvalue weighted by Gasteiger charge is -2.22. The summed E-state index contributed by atoms with van der Waals surface area (Å²) in [5.74, 6) is 1.14. The van der Waals surface area contributed by atoms with Crippen LogP contribution in [0.4, 0.5) is 0 Å². The Morgan fingerprint density at radius 1 is 1.41 bits per heavy atom. The van der Waals surface area contributed by atoms with E-state index in [-0.39, 0.29) is 0 Å². The van der Waals surface area contributed by atoms with Crippen molar-refractivity contribution in [1.82, 2.24) is 19.9 Å². The van der Waals surface area contributed by atoms with E-state index in [0.29, 0.717) is 24.0 Å². The van der Waals surface area contributed by atoms with E-state index in [0.717, 1.165) is 25.2 Å². The predicted molar refractivity (Wildman–Crippen MR) is 85.5 cm³/mol. The van der Waals surface area contributed by atoms with E-state index in [2.05, 4.69) is 20.0 Å². The maximum absolute atomic E-state index is 5.40. The van der Waals surface area contributed by atoms with Crippen molar-refractivity contribution in [2.45, 2.75) is 26.2 Å². The van der Waals surface area contributed by atoms with Crippen molar-refractivity contribution in [3.8, 4) is 0 Å². The largest absolute Gasteiger partial charge is 0.378 e. The Morgan fingerprint density at radius 2 is 2.14 bits per heavy atom. The Kier molecular flexibility index (Phi) is 5.94. The van der Waals surface area contributed by atoms with Gasteiger partial charge in [-0.1, -0.05) is 12.1 Å². The summed E-state index contributed by atoms with van der Waals surface area (Å²) >= 11 is 0. The van der Waals surface area contributed by atoms with Gasteiger partial charge in [0.05, 0.1) is 18.6 Å². The molecule has 0 aromatic carbocycles. The Morgan fingerprint density at radius 3 is 2.68 bits per heavy atom. The van der Waals surface area contributed by atoms with E-state index >= 15 is 0 Å². The van der Waals surface area contributed by atoms with Crippen LogP contribution < -0.4 is 0 Å². The molecule has 122 valence electrons. The summed E-state index contributed by atoms with van der Waals surface area (Å²) in [6, 6.07) is 0. The monoisotopic (exact) mass is 307 g/mol. The summed E-state index contributed by atoms with van der Waals surface area (Å²) in [7, 11) is 5.55. The minimum atomic E-state index is 0.453. The Hall–Kier alpha value is -1.89. The molecule has 0 aliphatic carbocycles. The number of methoxy groups -OCH3 is 1. The average molecular weight is 307 g/mol. The fourth-order valence-corrected chi connectivity index (χ4v) is 2.35. The molecule has 22 heavy (non-hydrogen) atoms. The number of ether oxygens (including phenoxy) is 1. The van der Waals surface area contributed by atoms with Crippen molar-refractivity contribution in [3.63, 3.8) is 0 Å². The summed E-state index contributed by atoms with van der Waals surface area (Å²) in [6.45, 7) is 4.49. The molecule has 0 amide bonds. The standard InChI is InChI=1S/C15H25N5O2/c1-5-13-17-15(22-18-13)14(16-11-19(2)3)12(10-21-4)20-8-6-7-9-20/h11H,5-10H2,1-4H3/b14-12-,16-11?. The molecule has 0 radical (unpaired) electrons. The van der Waals surface area contributed by atoms with E-state index in [4.69, 9.17) is 9.26 Å². The van der Waals surface area contributed by atoms with Crippen LogP contribution in [0.3, 0.4) is 0 Å². The molecular weight excluding hydrogens is 282 g/mol. The van der Waals surface area contributed by atoms with E-state index < -0.39 is 0 Å². The summed E-state index contributed by atoms with van der Waals surface area (Å²) in [4.78, 5) is 13.2. The van der Waals surface area contributed by atoms with Crippen molar-refractivity contribution in [2.75, 3.05) is 40.9 Å². The summed E-state index contributed by atoms with van der Waals surface area (Å²) in [5, 5.41) is 3.98. The smallest absolute Gasteiger partial charge is 0.278 e. The molecule has 1 aliphatic rings. The SMILES string of the molecule is CCc1noc(/C(N=CN(C)C)=C(\COC)N2CCCC2)n1. The Labute approximate surface area is 131 Å². The van der Waals surface area contributed by atoms with Gasteiger partial charge in [0.1, 0.15) is 0 Å². The molecule has 0 saturated carbocycles. The first-order valence-electron chi connectivity index (χ1n) is 7.66. The minimum Gasteiger partial charge on any atom is -0.378 e. The Bertz CT molecular complexity index is 530. The molecule has 1 aromatic rings. The third-order valence-corrected chi connectivity index (χ3v) is 3.45. The fraction of sp³-hybridized carbons (Fsp3) is 0.667. The first kappa shape index (κ1) is 16.5. The lowest BCUT2D eigenvalue weighted by Crippen LogP contribution is -2.23. The molecule has 1 aromatic heterocycles. The number of aryl methyl sites for hydroxylation is 1. The summed E-state index contributed by atoms with van der Waals surface area (Å²) < 4.78 is 10.8. The van der Waals surface area contributed by atoms with Crippen molar-refractivity contribution in [3.05, 3.63) is 17.4 Å². The number of likely N-dealkylation sites (tertiary alicyclic amines) is 1. The molecule has 2 heterocycles. The summed E-state index contributed by atoms with van der Waals surface area (Å²) in [5.41, 5.74) is 1.70. The van der Waals surface area contributed by atoms with E-state index in [9.17, 15) is 0 Å². The van der Waals surface area contributed by atoms with Crippen LogP contribution in [0.2, 0.25) is 0 Å². The second kappa shape index (κ2) is 7.93. The second-order valence-electron chi connectivity index (χ2n) is 5.50. The number of aliphatic imine (C=N–C) groups is 1. The van der Waals surface area contributed by atoms with Crippen molar-refractivity contribution in [2.24, 2.45) is 4.99 Å². The normalized spacial score (nSPS) is 16.5.